The number of allylic oxidation sites excluding steroid dienone is 6. The number of ether oxygens (including phenoxy) is 1. The van der Waals surface area contributed by atoms with Crippen molar-refractivity contribution in [3.8, 4) is 0 Å². The molecule has 2 rings (SSSR count). The van der Waals surface area contributed by atoms with E-state index < -0.39 is 5.60 Å². The maximum absolute atomic E-state index is 12.7. The van der Waals surface area contributed by atoms with Crippen LogP contribution >= 0.6 is 0 Å². The van der Waals surface area contributed by atoms with Crippen LogP contribution in [-0.4, -0.2) is 22.8 Å². The molecule has 0 amide bonds. The number of hydrogen-bond acceptors (Lipinski definition) is 3. The molecule has 3 heteroatoms. The number of hydrogen-bond donors (Lipinski definition) is 1. The van der Waals surface area contributed by atoms with E-state index in [4.69, 9.17) is 4.74 Å². The van der Waals surface area contributed by atoms with Crippen molar-refractivity contribution in [2.45, 2.75) is 149 Å². The third-order valence-electron chi connectivity index (χ3n) is 8.84. The van der Waals surface area contributed by atoms with Crippen molar-refractivity contribution in [2.24, 2.45) is 17.3 Å². The fraction of sp³-hybridized carbons (Fsp3) is 0.788. The van der Waals surface area contributed by atoms with E-state index in [0.29, 0.717) is 6.42 Å². The second kappa shape index (κ2) is 15.8. The van der Waals surface area contributed by atoms with Crippen LogP contribution in [0.4, 0.5) is 0 Å². The van der Waals surface area contributed by atoms with E-state index in [0.717, 1.165) is 51.4 Å². The summed E-state index contributed by atoms with van der Waals surface area (Å²) in [7, 11) is 0. The molecule has 0 aliphatic heterocycles. The summed E-state index contributed by atoms with van der Waals surface area (Å²) in [5.74, 6) is 0.111. The zero-order valence-electron chi connectivity index (χ0n) is 24.2. The monoisotopic (exact) mass is 500 g/mol. The van der Waals surface area contributed by atoms with Gasteiger partial charge in [-0.25, -0.2) is 0 Å². The lowest BCUT2D eigenvalue weighted by molar-refractivity contribution is -0.173. The van der Waals surface area contributed by atoms with Crippen LogP contribution in [0.2, 0.25) is 0 Å². The van der Waals surface area contributed by atoms with Crippen molar-refractivity contribution in [3.05, 3.63) is 36.0 Å². The van der Waals surface area contributed by atoms with E-state index in [1.54, 1.807) is 0 Å². The Bertz CT molecular complexity index is 733. The average Bonchev–Trinajstić information content (AvgIpc) is 2.94. The molecule has 1 N–H and O–H groups in total. The molecular weight excluding hydrogens is 444 g/mol. The molecule has 0 spiro atoms. The Morgan fingerprint density at radius 2 is 1.69 bits per heavy atom. The quantitative estimate of drug-likeness (QED) is 0.130. The Morgan fingerprint density at radius 1 is 1.06 bits per heavy atom. The van der Waals surface area contributed by atoms with E-state index in [2.05, 4.69) is 65.0 Å². The Morgan fingerprint density at radius 3 is 2.36 bits per heavy atom. The first kappa shape index (κ1) is 30.9. The van der Waals surface area contributed by atoms with Crippen LogP contribution in [0, 0.1) is 17.3 Å². The first-order valence-corrected chi connectivity index (χ1v) is 15.1. The molecule has 2 aliphatic rings. The standard InChI is InChI=1S/C33H56O3/c1-6-7-8-9-10-11-12-13-14-15-16-17-18-19-20-21-31(34)36-30-26-32(5)25-24-28(4)22-23-29(32)33(30,35)27(2)3/h10-11,13-14,24,27,29-30,35H,6-9,12,15-23,25-26H2,1-5H3/b11-10-,14-13-/t29-,30+,32+,33-/m1/s1. The lowest BCUT2D eigenvalue weighted by atomic mass is 9.69. The number of aliphatic hydroxyl groups is 1. The molecule has 1 saturated carbocycles. The molecule has 0 heterocycles. The molecule has 2 aliphatic carbocycles. The van der Waals surface area contributed by atoms with Gasteiger partial charge in [-0.15, -0.1) is 0 Å². The first-order valence-electron chi connectivity index (χ1n) is 15.1. The van der Waals surface area contributed by atoms with Crippen molar-refractivity contribution in [3.63, 3.8) is 0 Å². The molecule has 0 aromatic heterocycles. The third-order valence-corrected chi connectivity index (χ3v) is 8.84. The third kappa shape index (κ3) is 9.19. The van der Waals surface area contributed by atoms with Crippen molar-refractivity contribution < 1.29 is 14.6 Å². The maximum atomic E-state index is 12.7. The molecule has 0 aromatic rings. The van der Waals surface area contributed by atoms with Gasteiger partial charge in [-0.1, -0.05) is 95.8 Å². The highest BCUT2D eigenvalue weighted by Gasteiger charge is 2.62. The predicted molar refractivity (Wildman–Crippen MR) is 153 cm³/mol. The molecule has 1 fully saturated rings. The van der Waals surface area contributed by atoms with E-state index in [1.165, 1.54) is 50.5 Å². The summed E-state index contributed by atoms with van der Waals surface area (Å²) in [6.45, 7) is 10.9. The van der Waals surface area contributed by atoms with Gasteiger partial charge in [0, 0.05) is 6.42 Å². The summed E-state index contributed by atoms with van der Waals surface area (Å²) in [6, 6.07) is 0. The van der Waals surface area contributed by atoms with Gasteiger partial charge in [0.1, 0.15) is 11.7 Å². The number of unbranched alkanes of at least 4 members (excludes halogenated alkanes) is 8. The fourth-order valence-electron chi connectivity index (χ4n) is 6.41. The van der Waals surface area contributed by atoms with Crippen LogP contribution < -0.4 is 0 Å². The normalized spacial score (nSPS) is 28.6. The molecule has 0 radical (unpaired) electrons. The van der Waals surface area contributed by atoms with E-state index in [-0.39, 0.29) is 29.3 Å². The average molecular weight is 501 g/mol. The summed E-state index contributed by atoms with van der Waals surface area (Å²) in [5, 5.41) is 11.8. The van der Waals surface area contributed by atoms with Crippen molar-refractivity contribution >= 4 is 5.97 Å². The lowest BCUT2D eigenvalue weighted by Gasteiger charge is -2.41. The van der Waals surface area contributed by atoms with Crippen LogP contribution in [0.3, 0.4) is 0 Å². The smallest absolute Gasteiger partial charge is 0.306 e. The lowest BCUT2D eigenvalue weighted by Crippen LogP contribution is -2.50. The fourth-order valence-corrected chi connectivity index (χ4v) is 6.41. The largest absolute Gasteiger partial charge is 0.459 e. The molecule has 36 heavy (non-hydrogen) atoms. The number of rotatable bonds is 16. The second-order valence-electron chi connectivity index (χ2n) is 12.2. The zero-order valence-corrected chi connectivity index (χ0v) is 24.2. The topological polar surface area (TPSA) is 46.5 Å². The molecule has 0 aromatic carbocycles. The summed E-state index contributed by atoms with van der Waals surface area (Å²) in [5.41, 5.74) is 0.495. The highest BCUT2D eigenvalue weighted by atomic mass is 16.6. The van der Waals surface area contributed by atoms with Gasteiger partial charge in [0.15, 0.2) is 0 Å². The van der Waals surface area contributed by atoms with Crippen molar-refractivity contribution in [2.75, 3.05) is 0 Å². The molecule has 0 saturated heterocycles. The minimum absolute atomic E-state index is 0.00109. The second-order valence-corrected chi connectivity index (χ2v) is 12.2. The number of carbonyl (C=O) groups excluding carboxylic acids is 1. The number of esters is 1. The molecular formula is C33H56O3. The van der Waals surface area contributed by atoms with Crippen LogP contribution in [0.25, 0.3) is 0 Å². The van der Waals surface area contributed by atoms with Crippen molar-refractivity contribution in [1.82, 2.24) is 0 Å². The van der Waals surface area contributed by atoms with Gasteiger partial charge in [0.2, 0.25) is 0 Å². The van der Waals surface area contributed by atoms with E-state index >= 15 is 0 Å². The van der Waals surface area contributed by atoms with E-state index in [1.807, 2.05) is 0 Å². The van der Waals surface area contributed by atoms with Crippen LogP contribution in [-0.2, 0) is 9.53 Å². The Balaban J connectivity index is 1.63. The zero-order chi connectivity index (χ0) is 26.4. The molecule has 0 bridgehead atoms. The van der Waals surface area contributed by atoms with Crippen LogP contribution in [0.1, 0.15) is 137 Å². The van der Waals surface area contributed by atoms with Gasteiger partial charge in [0.05, 0.1) is 0 Å². The molecule has 0 unspecified atom stereocenters. The minimum Gasteiger partial charge on any atom is -0.459 e. The van der Waals surface area contributed by atoms with Gasteiger partial charge >= 0.3 is 5.97 Å². The van der Waals surface area contributed by atoms with Gasteiger partial charge in [-0.3, -0.25) is 4.79 Å². The van der Waals surface area contributed by atoms with E-state index in [9.17, 15) is 9.90 Å². The summed E-state index contributed by atoms with van der Waals surface area (Å²) < 4.78 is 6.01. The van der Waals surface area contributed by atoms with Gasteiger partial charge < -0.3 is 9.84 Å². The van der Waals surface area contributed by atoms with Crippen molar-refractivity contribution in [1.29, 1.82) is 0 Å². The summed E-state index contributed by atoms with van der Waals surface area (Å²) in [6.07, 6.45) is 28.3. The highest BCUT2D eigenvalue weighted by molar-refractivity contribution is 5.69. The van der Waals surface area contributed by atoms with Crippen LogP contribution in [0.5, 0.6) is 0 Å². The Kier molecular flexibility index (Phi) is 13.5. The van der Waals surface area contributed by atoms with Crippen LogP contribution in [0.15, 0.2) is 36.0 Å². The SMILES string of the molecule is CCCCC/C=C\C/C=C\CCCCCCCC(=O)O[C@H]1C[C@]2(C)CC=C(C)CC[C@H]2[C@]1(O)C(C)C. The predicted octanol–water partition coefficient (Wildman–Crippen LogP) is 9.26. The molecule has 4 atom stereocenters. The first-order chi connectivity index (χ1) is 17.2. The summed E-state index contributed by atoms with van der Waals surface area (Å²) in [4.78, 5) is 12.7. The molecule has 206 valence electrons. The van der Waals surface area contributed by atoms with Gasteiger partial charge in [-0.05, 0) is 88.4 Å². The number of carbonyl (C=O) groups is 1. The Labute approximate surface area is 222 Å². The maximum Gasteiger partial charge on any atom is 0.306 e. The Hall–Kier alpha value is -1.35. The molecule has 3 nitrogen and oxygen atoms in total. The minimum atomic E-state index is -0.929. The van der Waals surface area contributed by atoms with Gasteiger partial charge in [-0.2, -0.15) is 0 Å². The highest BCUT2D eigenvalue weighted by Crippen LogP contribution is 2.58. The number of fused-ring (bicyclic) bond motifs is 1. The summed E-state index contributed by atoms with van der Waals surface area (Å²) >= 11 is 0. The van der Waals surface area contributed by atoms with Gasteiger partial charge in [0.25, 0.3) is 0 Å².